The van der Waals surface area contributed by atoms with E-state index in [1.54, 1.807) is 0 Å². The summed E-state index contributed by atoms with van der Waals surface area (Å²) in [6, 6.07) is 4.37. The quantitative estimate of drug-likeness (QED) is 0.725. The van der Waals surface area contributed by atoms with Crippen molar-refractivity contribution in [3.05, 3.63) is 20.8 Å². The van der Waals surface area contributed by atoms with Gasteiger partial charge in [-0.1, -0.05) is 13.8 Å². The van der Waals surface area contributed by atoms with Crippen molar-refractivity contribution in [2.45, 2.75) is 32.6 Å². The minimum atomic E-state index is 0.770. The van der Waals surface area contributed by atoms with Crippen molar-refractivity contribution in [2.24, 2.45) is 0 Å². The molecule has 0 spiro atoms. The molecular weight excluding hydrogens is 220 g/mol. The van der Waals surface area contributed by atoms with Gasteiger partial charge in [0.1, 0.15) is 0 Å². The number of rotatable bonds is 3. The topological polar surface area (TPSA) is 0 Å². The van der Waals surface area contributed by atoms with Crippen molar-refractivity contribution in [2.75, 3.05) is 0 Å². The lowest BCUT2D eigenvalue weighted by atomic mass is 10.0. The second-order valence-corrected chi connectivity index (χ2v) is 5.15. The highest BCUT2D eigenvalue weighted by molar-refractivity contribution is 9.11. The maximum absolute atomic E-state index is 3.48. The monoisotopic (exact) mass is 232 g/mol. The van der Waals surface area contributed by atoms with Crippen molar-refractivity contribution >= 4 is 27.3 Å². The van der Waals surface area contributed by atoms with Crippen LogP contribution in [-0.4, -0.2) is 0 Å². The molecule has 11 heavy (non-hydrogen) atoms. The lowest BCUT2D eigenvalue weighted by molar-refractivity contribution is 0.653. The summed E-state index contributed by atoms with van der Waals surface area (Å²) < 4.78 is 1.25. The van der Waals surface area contributed by atoms with Crippen LogP contribution in [0.2, 0.25) is 0 Å². The Bertz CT molecular complexity index is 213. The Morgan fingerprint density at radius 2 is 2.00 bits per heavy atom. The molecule has 0 saturated heterocycles. The average Bonchev–Trinajstić information content (AvgIpc) is 2.39. The van der Waals surface area contributed by atoms with Gasteiger partial charge in [-0.15, -0.1) is 11.3 Å². The third-order valence-electron chi connectivity index (χ3n) is 1.98. The first-order chi connectivity index (χ1) is 5.27. The average molecular weight is 233 g/mol. The second-order valence-electron chi connectivity index (χ2n) is 2.66. The van der Waals surface area contributed by atoms with Crippen LogP contribution in [0.3, 0.4) is 0 Å². The van der Waals surface area contributed by atoms with Gasteiger partial charge in [-0.3, -0.25) is 0 Å². The van der Waals surface area contributed by atoms with Crippen molar-refractivity contribution in [1.82, 2.24) is 0 Å². The van der Waals surface area contributed by atoms with Crippen molar-refractivity contribution in [3.8, 4) is 0 Å². The van der Waals surface area contributed by atoms with Gasteiger partial charge in [0.25, 0.3) is 0 Å². The van der Waals surface area contributed by atoms with Crippen LogP contribution >= 0.6 is 27.3 Å². The molecule has 0 aliphatic rings. The first-order valence-electron chi connectivity index (χ1n) is 4.03. The molecule has 0 bridgehead atoms. The van der Waals surface area contributed by atoms with Crippen LogP contribution in [-0.2, 0) is 0 Å². The molecule has 0 fully saturated rings. The van der Waals surface area contributed by atoms with Crippen molar-refractivity contribution in [3.63, 3.8) is 0 Å². The Labute approximate surface area is 80.8 Å². The van der Waals surface area contributed by atoms with Gasteiger partial charge in [0.15, 0.2) is 0 Å². The van der Waals surface area contributed by atoms with Gasteiger partial charge in [-0.25, -0.2) is 0 Å². The van der Waals surface area contributed by atoms with E-state index < -0.39 is 0 Å². The molecule has 1 aromatic heterocycles. The third kappa shape index (κ3) is 2.31. The van der Waals surface area contributed by atoms with Crippen LogP contribution in [0.15, 0.2) is 15.9 Å². The fourth-order valence-electron chi connectivity index (χ4n) is 1.24. The van der Waals surface area contributed by atoms with E-state index in [4.69, 9.17) is 0 Å². The fourth-order valence-corrected chi connectivity index (χ4v) is 2.93. The summed E-state index contributed by atoms with van der Waals surface area (Å²) in [4.78, 5) is 1.52. The number of hydrogen-bond acceptors (Lipinski definition) is 1. The minimum Gasteiger partial charge on any atom is -0.133 e. The molecule has 1 rings (SSSR count). The fraction of sp³-hybridized carbons (Fsp3) is 0.556. The SMILES string of the molecule is CCC(CC)c1ccc(Br)s1. The van der Waals surface area contributed by atoms with Gasteiger partial charge in [-0.05, 0) is 46.8 Å². The van der Waals surface area contributed by atoms with Crippen molar-refractivity contribution < 1.29 is 0 Å². The second kappa shape index (κ2) is 4.27. The maximum atomic E-state index is 3.48. The Morgan fingerprint density at radius 1 is 1.36 bits per heavy atom. The normalized spacial score (nSPS) is 10.9. The highest BCUT2D eigenvalue weighted by Crippen LogP contribution is 2.31. The van der Waals surface area contributed by atoms with Gasteiger partial charge in [0.05, 0.1) is 3.79 Å². The van der Waals surface area contributed by atoms with E-state index in [9.17, 15) is 0 Å². The molecule has 0 aromatic carbocycles. The van der Waals surface area contributed by atoms with E-state index in [1.807, 2.05) is 11.3 Å². The summed E-state index contributed by atoms with van der Waals surface area (Å²) in [6.45, 7) is 4.50. The van der Waals surface area contributed by atoms with Gasteiger partial charge in [0, 0.05) is 4.88 Å². The Morgan fingerprint density at radius 3 is 2.36 bits per heavy atom. The molecule has 0 aliphatic carbocycles. The summed E-state index contributed by atoms with van der Waals surface area (Å²) in [5.41, 5.74) is 0. The maximum Gasteiger partial charge on any atom is 0.0701 e. The number of hydrogen-bond donors (Lipinski definition) is 0. The predicted octanol–water partition coefficient (Wildman–Crippen LogP) is 4.41. The molecule has 0 atom stereocenters. The van der Waals surface area contributed by atoms with E-state index in [2.05, 4.69) is 41.9 Å². The van der Waals surface area contributed by atoms with Crippen LogP contribution < -0.4 is 0 Å². The van der Waals surface area contributed by atoms with Crippen molar-refractivity contribution in [1.29, 1.82) is 0 Å². The molecule has 1 heterocycles. The first-order valence-corrected chi connectivity index (χ1v) is 5.64. The summed E-state index contributed by atoms with van der Waals surface area (Å²) in [6.07, 6.45) is 2.51. The first kappa shape index (κ1) is 9.27. The summed E-state index contributed by atoms with van der Waals surface area (Å²) in [5, 5.41) is 0. The van der Waals surface area contributed by atoms with Crippen LogP contribution in [0, 0.1) is 0 Å². The highest BCUT2D eigenvalue weighted by Gasteiger charge is 2.08. The largest absolute Gasteiger partial charge is 0.133 e. The van der Waals surface area contributed by atoms with Gasteiger partial charge < -0.3 is 0 Å². The minimum absolute atomic E-state index is 0.770. The lowest BCUT2D eigenvalue weighted by Crippen LogP contribution is -1.90. The molecule has 62 valence electrons. The standard InChI is InChI=1S/C9H13BrS/c1-3-7(4-2)8-5-6-9(10)11-8/h5-7H,3-4H2,1-2H3. The van der Waals surface area contributed by atoms with Gasteiger partial charge in [-0.2, -0.15) is 0 Å². The summed E-state index contributed by atoms with van der Waals surface area (Å²) >= 11 is 5.34. The highest BCUT2D eigenvalue weighted by atomic mass is 79.9. The zero-order valence-corrected chi connectivity index (χ0v) is 9.33. The molecule has 0 aliphatic heterocycles. The van der Waals surface area contributed by atoms with E-state index in [1.165, 1.54) is 21.5 Å². The third-order valence-corrected chi connectivity index (χ3v) is 3.77. The molecule has 1 aromatic rings. The predicted molar refractivity (Wildman–Crippen MR) is 55.3 cm³/mol. The summed E-state index contributed by atoms with van der Waals surface area (Å²) in [5.74, 6) is 0.770. The zero-order valence-electron chi connectivity index (χ0n) is 6.93. The van der Waals surface area contributed by atoms with Crippen LogP contribution in [0.4, 0.5) is 0 Å². The molecule has 2 heteroatoms. The van der Waals surface area contributed by atoms with Gasteiger partial charge >= 0.3 is 0 Å². The van der Waals surface area contributed by atoms with E-state index in [0.29, 0.717) is 0 Å². The van der Waals surface area contributed by atoms with E-state index in [0.717, 1.165) is 5.92 Å². The van der Waals surface area contributed by atoms with E-state index in [-0.39, 0.29) is 0 Å². The molecular formula is C9H13BrS. The molecule has 0 radical (unpaired) electrons. The Hall–Kier alpha value is 0.180. The molecule has 0 nitrogen and oxygen atoms in total. The van der Waals surface area contributed by atoms with Crippen LogP contribution in [0.25, 0.3) is 0 Å². The smallest absolute Gasteiger partial charge is 0.0701 e. The van der Waals surface area contributed by atoms with Crippen LogP contribution in [0.5, 0.6) is 0 Å². The summed E-state index contributed by atoms with van der Waals surface area (Å²) in [7, 11) is 0. The Kier molecular flexibility index (Phi) is 3.60. The lowest BCUT2D eigenvalue weighted by Gasteiger charge is -2.07. The number of halogens is 1. The number of thiophene rings is 1. The molecule has 0 amide bonds. The molecule has 0 N–H and O–H groups in total. The Balaban J connectivity index is 2.73. The molecule has 0 saturated carbocycles. The van der Waals surface area contributed by atoms with E-state index >= 15 is 0 Å². The van der Waals surface area contributed by atoms with Crippen LogP contribution in [0.1, 0.15) is 37.5 Å². The molecule has 0 unspecified atom stereocenters. The zero-order chi connectivity index (χ0) is 8.27. The van der Waals surface area contributed by atoms with Gasteiger partial charge in [0.2, 0.25) is 0 Å².